The lowest BCUT2D eigenvalue weighted by Gasteiger charge is -2.61. The Kier molecular flexibility index (Phi) is 3.58. The molecule has 0 aromatic carbocycles. The SMILES string of the molecule is CC1CCC2(CC1)CN(C1CCC3(CC1)CN(C1CNC1)C3)C2. The van der Waals surface area contributed by atoms with Crippen LogP contribution in [0.3, 0.4) is 0 Å². The molecule has 5 rings (SSSR count). The van der Waals surface area contributed by atoms with Gasteiger partial charge < -0.3 is 5.32 Å². The molecule has 130 valence electrons. The van der Waals surface area contributed by atoms with E-state index in [4.69, 9.17) is 0 Å². The molecule has 0 bridgehead atoms. The first-order chi connectivity index (χ1) is 11.2. The molecule has 0 radical (unpaired) electrons. The molecule has 0 atom stereocenters. The van der Waals surface area contributed by atoms with Crippen LogP contribution in [0.25, 0.3) is 0 Å². The first kappa shape index (κ1) is 15.2. The van der Waals surface area contributed by atoms with Crippen LogP contribution in [0.4, 0.5) is 0 Å². The van der Waals surface area contributed by atoms with Gasteiger partial charge in [-0.2, -0.15) is 0 Å². The van der Waals surface area contributed by atoms with Crippen LogP contribution in [0.2, 0.25) is 0 Å². The van der Waals surface area contributed by atoms with E-state index in [1.54, 1.807) is 0 Å². The minimum Gasteiger partial charge on any atom is -0.314 e. The third kappa shape index (κ3) is 2.58. The van der Waals surface area contributed by atoms with Crippen molar-refractivity contribution in [2.45, 2.75) is 70.4 Å². The average Bonchev–Trinajstić information content (AvgIpc) is 2.44. The normalized spacial score (nSPS) is 38.2. The van der Waals surface area contributed by atoms with Gasteiger partial charge in [0.15, 0.2) is 0 Å². The van der Waals surface area contributed by atoms with Crippen molar-refractivity contribution in [3.05, 3.63) is 0 Å². The standard InChI is InChI=1S/C20H35N3/c1-16-2-6-19(7-3-16)12-22(13-19)17-4-8-20(9-5-17)14-23(15-20)18-10-21-11-18/h16-18,21H,2-15H2,1H3. The summed E-state index contributed by atoms with van der Waals surface area (Å²) in [6.07, 6.45) is 12.0. The third-order valence-electron chi connectivity index (χ3n) is 8.30. The third-order valence-corrected chi connectivity index (χ3v) is 8.30. The van der Waals surface area contributed by atoms with Gasteiger partial charge in [-0.25, -0.2) is 0 Å². The first-order valence-corrected chi connectivity index (χ1v) is 10.3. The number of nitrogens with zero attached hydrogens (tertiary/aromatic N) is 2. The van der Waals surface area contributed by atoms with Crippen LogP contribution in [0.15, 0.2) is 0 Å². The highest BCUT2D eigenvalue weighted by molar-refractivity contribution is 5.06. The Bertz CT molecular complexity index is 426. The summed E-state index contributed by atoms with van der Waals surface area (Å²) < 4.78 is 0. The molecule has 0 amide bonds. The lowest BCUT2D eigenvalue weighted by atomic mass is 9.63. The van der Waals surface area contributed by atoms with E-state index in [1.165, 1.54) is 90.6 Å². The maximum absolute atomic E-state index is 3.42. The number of hydrogen-bond acceptors (Lipinski definition) is 3. The van der Waals surface area contributed by atoms with E-state index < -0.39 is 0 Å². The predicted molar refractivity (Wildman–Crippen MR) is 94.6 cm³/mol. The summed E-state index contributed by atoms with van der Waals surface area (Å²) in [7, 11) is 0. The van der Waals surface area contributed by atoms with E-state index in [-0.39, 0.29) is 0 Å². The van der Waals surface area contributed by atoms with Gasteiger partial charge in [0, 0.05) is 51.4 Å². The van der Waals surface area contributed by atoms with Crippen LogP contribution >= 0.6 is 0 Å². The van der Waals surface area contributed by atoms with Crippen molar-refractivity contribution in [3.63, 3.8) is 0 Å². The van der Waals surface area contributed by atoms with E-state index in [9.17, 15) is 0 Å². The van der Waals surface area contributed by atoms with Crippen LogP contribution in [-0.4, -0.2) is 61.2 Å². The molecule has 1 N–H and O–H groups in total. The summed E-state index contributed by atoms with van der Waals surface area (Å²) in [6.45, 7) is 10.6. The van der Waals surface area contributed by atoms with Crippen molar-refractivity contribution >= 4 is 0 Å². The second-order valence-electron chi connectivity index (χ2n) is 10.0. The smallest absolute Gasteiger partial charge is 0.0345 e. The van der Waals surface area contributed by atoms with Crippen molar-refractivity contribution < 1.29 is 0 Å². The van der Waals surface area contributed by atoms with Crippen molar-refractivity contribution in [2.75, 3.05) is 39.3 Å². The highest BCUT2D eigenvalue weighted by Crippen LogP contribution is 2.50. The van der Waals surface area contributed by atoms with E-state index >= 15 is 0 Å². The van der Waals surface area contributed by atoms with E-state index in [2.05, 4.69) is 22.0 Å². The van der Waals surface area contributed by atoms with Crippen molar-refractivity contribution in [1.29, 1.82) is 0 Å². The molecule has 2 spiro atoms. The number of hydrogen-bond donors (Lipinski definition) is 1. The van der Waals surface area contributed by atoms with Gasteiger partial charge in [0.25, 0.3) is 0 Å². The topological polar surface area (TPSA) is 18.5 Å². The van der Waals surface area contributed by atoms with Crippen molar-refractivity contribution in [1.82, 2.24) is 15.1 Å². The highest BCUT2D eigenvalue weighted by Gasteiger charge is 2.51. The van der Waals surface area contributed by atoms with E-state index in [0.29, 0.717) is 0 Å². The minimum absolute atomic E-state index is 0.731. The Hall–Kier alpha value is -0.120. The zero-order valence-electron chi connectivity index (χ0n) is 15.0. The molecule has 2 saturated carbocycles. The van der Waals surface area contributed by atoms with Gasteiger partial charge in [-0.15, -0.1) is 0 Å². The zero-order chi connectivity index (χ0) is 15.5. The average molecular weight is 318 g/mol. The zero-order valence-corrected chi connectivity index (χ0v) is 15.0. The Labute approximate surface area is 142 Å². The summed E-state index contributed by atoms with van der Waals surface area (Å²) in [5.41, 5.74) is 1.49. The van der Waals surface area contributed by atoms with E-state index in [1.807, 2.05) is 0 Å². The largest absolute Gasteiger partial charge is 0.314 e. The Morgan fingerprint density at radius 3 is 1.65 bits per heavy atom. The minimum atomic E-state index is 0.731. The molecule has 0 aromatic rings. The number of nitrogens with one attached hydrogen (secondary N) is 1. The van der Waals surface area contributed by atoms with Crippen LogP contribution in [0.1, 0.15) is 58.3 Å². The molecule has 23 heavy (non-hydrogen) atoms. The molecule has 3 heterocycles. The fraction of sp³-hybridized carbons (Fsp3) is 1.00. The molecular formula is C20H35N3. The van der Waals surface area contributed by atoms with Gasteiger partial charge in [-0.05, 0) is 55.3 Å². The van der Waals surface area contributed by atoms with Gasteiger partial charge in [-0.1, -0.05) is 19.8 Å². The molecule has 3 heteroatoms. The maximum Gasteiger partial charge on any atom is 0.0345 e. The lowest BCUT2D eigenvalue weighted by molar-refractivity contribution is -0.108. The highest BCUT2D eigenvalue weighted by atomic mass is 15.3. The fourth-order valence-corrected chi connectivity index (χ4v) is 6.27. The number of likely N-dealkylation sites (tertiary alicyclic amines) is 2. The molecule has 2 aliphatic carbocycles. The molecule has 5 fully saturated rings. The lowest BCUT2D eigenvalue weighted by Crippen LogP contribution is -2.69. The Morgan fingerprint density at radius 1 is 0.696 bits per heavy atom. The molecule has 3 saturated heterocycles. The molecule has 5 aliphatic rings. The van der Waals surface area contributed by atoms with Crippen LogP contribution in [0.5, 0.6) is 0 Å². The second kappa shape index (κ2) is 5.44. The van der Waals surface area contributed by atoms with Gasteiger partial charge >= 0.3 is 0 Å². The van der Waals surface area contributed by atoms with Gasteiger partial charge in [0.2, 0.25) is 0 Å². The van der Waals surface area contributed by atoms with Crippen LogP contribution in [0, 0.1) is 16.7 Å². The van der Waals surface area contributed by atoms with Gasteiger partial charge in [-0.3, -0.25) is 9.80 Å². The summed E-state index contributed by atoms with van der Waals surface area (Å²) in [6, 6.07) is 1.81. The van der Waals surface area contributed by atoms with Gasteiger partial charge in [0.05, 0.1) is 0 Å². The van der Waals surface area contributed by atoms with Gasteiger partial charge in [0.1, 0.15) is 0 Å². The second-order valence-corrected chi connectivity index (χ2v) is 10.0. The van der Waals surface area contributed by atoms with Crippen molar-refractivity contribution in [2.24, 2.45) is 16.7 Å². The molecular weight excluding hydrogens is 282 g/mol. The molecule has 3 nitrogen and oxygen atoms in total. The quantitative estimate of drug-likeness (QED) is 0.845. The maximum atomic E-state index is 3.42. The molecule has 0 aromatic heterocycles. The Balaban J connectivity index is 1.08. The fourth-order valence-electron chi connectivity index (χ4n) is 6.27. The first-order valence-electron chi connectivity index (χ1n) is 10.3. The Morgan fingerprint density at radius 2 is 1.17 bits per heavy atom. The molecule has 3 aliphatic heterocycles. The predicted octanol–water partition coefficient (Wildman–Crippen LogP) is 2.71. The van der Waals surface area contributed by atoms with Crippen LogP contribution in [-0.2, 0) is 0 Å². The van der Waals surface area contributed by atoms with Crippen LogP contribution < -0.4 is 5.32 Å². The monoisotopic (exact) mass is 317 g/mol. The summed E-state index contributed by atoms with van der Waals surface area (Å²) in [5.74, 6) is 0.997. The molecule has 0 unspecified atom stereocenters. The summed E-state index contributed by atoms with van der Waals surface area (Å²) in [4.78, 5) is 5.62. The number of rotatable bonds is 2. The summed E-state index contributed by atoms with van der Waals surface area (Å²) in [5, 5.41) is 3.42. The van der Waals surface area contributed by atoms with E-state index in [0.717, 1.165) is 28.8 Å². The van der Waals surface area contributed by atoms with Crippen molar-refractivity contribution in [3.8, 4) is 0 Å². The summed E-state index contributed by atoms with van der Waals surface area (Å²) >= 11 is 0.